The van der Waals surface area contributed by atoms with Gasteiger partial charge in [0, 0.05) is 19.0 Å². The number of halogens is 1. The van der Waals surface area contributed by atoms with Crippen molar-refractivity contribution in [2.45, 2.75) is 12.3 Å². The summed E-state index contributed by atoms with van der Waals surface area (Å²) >= 11 is 6.12. The average Bonchev–Trinajstić information content (AvgIpc) is 3.05. The van der Waals surface area contributed by atoms with Crippen LogP contribution in [0, 0.1) is 0 Å². The number of amides is 1. The van der Waals surface area contributed by atoms with Gasteiger partial charge < -0.3 is 9.64 Å². The summed E-state index contributed by atoms with van der Waals surface area (Å²) in [6.45, 7) is 1.50. The number of ether oxygens (including phenoxy) is 1. The van der Waals surface area contributed by atoms with Gasteiger partial charge in [-0.2, -0.15) is 0 Å². The number of hydrogen-bond donors (Lipinski definition) is 0. The molecule has 4 heteroatoms. The summed E-state index contributed by atoms with van der Waals surface area (Å²) in [6, 6.07) is 15.3. The van der Waals surface area contributed by atoms with E-state index in [1.807, 2.05) is 29.2 Å². The van der Waals surface area contributed by atoms with Gasteiger partial charge in [-0.3, -0.25) is 4.79 Å². The van der Waals surface area contributed by atoms with Crippen LogP contribution in [0.2, 0.25) is 5.02 Å². The second kappa shape index (κ2) is 6.41. The van der Waals surface area contributed by atoms with E-state index >= 15 is 0 Å². The molecule has 2 aromatic rings. The molecule has 3 rings (SSSR count). The number of carbonyl (C=O) groups excluding carboxylic acids is 1. The first kappa shape index (κ1) is 14.9. The molecule has 3 nitrogen and oxygen atoms in total. The zero-order chi connectivity index (χ0) is 15.5. The Bertz CT molecular complexity index is 669. The van der Waals surface area contributed by atoms with E-state index in [0.717, 1.165) is 25.3 Å². The molecule has 0 aliphatic carbocycles. The van der Waals surface area contributed by atoms with Crippen molar-refractivity contribution in [3.63, 3.8) is 0 Å². The average molecular weight is 316 g/mol. The molecule has 0 radical (unpaired) electrons. The fraction of sp³-hybridized carbons (Fsp3) is 0.278. The van der Waals surface area contributed by atoms with Crippen LogP contribution in [0.1, 0.15) is 28.3 Å². The van der Waals surface area contributed by atoms with E-state index in [1.54, 1.807) is 19.2 Å². The molecule has 1 fully saturated rings. The normalized spacial score (nSPS) is 17.5. The van der Waals surface area contributed by atoms with Gasteiger partial charge in [-0.25, -0.2) is 0 Å². The van der Waals surface area contributed by atoms with Crippen LogP contribution < -0.4 is 4.74 Å². The maximum Gasteiger partial charge on any atom is 0.255 e. The van der Waals surface area contributed by atoms with Gasteiger partial charge in [-0.1, -0.05) is 35.9 Å². The van der Waals surface area contributed by atoms with Gasteiger partial charge >= 0.3 is 0 Å². The molecule has 0 aromatic heterocycles. The minimum absolute atomic E-state index is 0.0154. The van der Waals surface area contributed by atoms with E-state index in [-0.39, 0.29) is 5.91 Å². The lowest BCUT2D eigenvalue weighted by Crippen LogP contribution is -2.28. The molecule has 1 aliphatic heterocycles. The smallest absolute Gasteiger partial charge is 0.255 e. The molecule has 1 amide bonds. The van der Waals surface area contributed by atoms with Gasteiger partial charge in [0.05, 0.1) is 17.7 Å². The van der Waals surface area contributed by atoms with Crippen molar-refractivity contribution < 1.29 is 9.53 Å². The number of nitrogens with zero attached hydrogens (tertiary/aromatic N) is 1. The summed E-state index contributed by atoms with van der Waals surface area (Å²) in [5.74, 6) is 1.24. The molecular formula is C18H18ClNO2. The Labute approximate surface area is 135 Å². The largest absolute Gasteiger partial charge is 0.497 e. The SMILES string of the molecule is COc1ccc([C@@H]2CCN(C(=O)c3ccccc3Cl)C2)cc1. The van der Waals surface area contributed by atoms with Gasteiger partial charge in [-0.05, 0) is 36.2 Å². The number of rotatable bonds is 3. The molecule has 1 atom stereocenters. The molecule has 0 saturated carbocycles. The minimum Gasteiger partial charge on any atom is -0.497 e. The van der Waals surface area contributed by atoms with Crippen LogP contribution in [0.3, 0.4) is 0 Å². The van der Waals surface area contributed by atoms with Crippen molar-refractivity contribution in [3.8, 4) is 5.75 Å². The topological polar surface area (TPSA) is 29.5 Å². The standard InChI is InChI=1S/C18H18ClNO2/c1-22-15-8-6-13(7-9-15)14-10-11-20(12-14)18(21)16-4-2-3-5-17(16)19/h2-9,14H,10-12H2,1H3/t14-/m1/s1. The quantitative estimate of drug-likeness (QED) is 0.857. The third-order valence-electron chi connectivity index (χ3n) is 4.17. The van der Waals surface area contributed by atoms with E-state index in [0.29, 0.717) is 16.5 Å². The third-order valence-corrected chi connectivity index (χ3v) is 4.50. The lowest BCUT2D eigenvalue weighted by Gasteiger charge is -2.17. The Morgan fingerprint density at radius 3 is 2.59 bits per heavy atom. The number of hydrogen-bond acceptors (Lipinski definition) is 2. The molecule has 0 N–H and O–H groups in total. The van der Waals surface area contributed by atoms with E-state index in [9.17, 15) is 4.79 Å². The van der Waals surface area contributed by atoms with Crippen molar-refractivity contribution in [3.05, 3.63) is 64.7 Å². The van der Waals surface area contributed by atoms with Crippen LogP contribution in [-0.2, 0) is 0 Å². The number of carbonyl (C=O) groups is 1. The monoisotopic (exact) mass is 315 g/mol. The maximum absolute atomic E-state index is 12.6. The van der Waals surface area contributed by atoms with Crippen molar-refractivity contribution in [1.29, 1.82) is 0 Å². The van der Waals surface area contributed by atoms with Crippen LogP contribution in [-0.4, -0.2) is 31.0 Å². The van der Waals surface area contributed by atoms with Crippen LogP contribution in [0.4, 0.5) is 0 Å². The number of benzene rings is 2. The van der Waals surface area contributed by atoms with Crippen LogP contribution in [0.15, 0.2) is 48.5 Å². The van der Waals surface area contributed by atoms with Gasteiger partial charge in [0.25, 0.3) is 5.91 Å². The summed E-state index contributed by atoms with van der Waals surface area (Å²) in [6.07, 6.45) is 0.975. The Hall–Kier alpha value is -2.00. The number of methoxy groups -OCH3 is 1. The minimum atomic E-state index is 0.0154. The molecule has 0 bridgehead atoms. The maximum atomic E-state index is 12.6. The molecule has 1 aliphatic rings. The van der Waals surface area contributed by atoms with E-state index in [1.165, 1.54) is 5.56 Å². The predicted molar refractivity (Wildman–Crippen MR) is 87.7 cm³/mol. The zero-order valence-corrected chi connectivity index (χ0v) is 13.2. The highest BCUT2D eigenvalue weighted by molar-refractivity contribution is 6.33. The summed E-state index contributed by atoms with van der Waals surface area (Å²) in [5, 5.41) is 0.514. The lowest BCUT2D eigenvalue weighted by atomic mass is 9.98. The molecule has 1 saturated heterocycles. The highest BCUT2D eigenvalue weighted by Gasteiger charge is 2.28. The molecule has 0 unspecified atom stereocenters. The predicted octanol–water partition coefficient (Wildman–Crippen LogP) is 3.98. The Morgan fingerprint density at radius 1 is 1.18 bits per heavy atom. The third kappa shape index (κ3) is 2.95. The lowest BCUT2D eigenvalue weighted by molar-refractivity contribution is 0.0791. The fourth-order valence-electron chi connectivity index (χ4n) is 2.90. The first-order chi connectivity index (χ1) is 10.7. The Kier molecular flexibility index (Phi) is 4.34. The van der Waals surface area contributed by atoms with Crippen molar-refractivity contribution in [2.24, 2.45) is 0 Å². The molecule has 114 valence electrons. The molecule has 0 spiro atoms. The van der Waals surface area contributed by atoms with E-state index in [4.69, 9.17) is 16.3 Å². The van der Waals surface area contributed by atoms with Gasteiger partial charge in [0.1, 0.15) is 5.75 Å². The fourth-order valence-corrected chi connectivity index (χ4v) is 3.11. The van der Waals surface area contributed by atoms with E-state index < -0.39 is 0 Å². The highest BCUT2D eigenvalue weighted by Crippen LogP contribution is 2.30. The van der Waals surface area contributed by atoms with Gasteiger partial charge in [0.15, 0.2) is 0 Å². The van der Waals surface area contributed by atoms with Crippen LogP contribution in [0.5, 0.6) is 5.75 Å². The van der Waals surface area contributed by atoms with Crippen LogP contribution >= 0.6 is 11.6 Å². The van der Waals surface area contributed by atoms with Crippen molar-refractivity contribution >= 4 is 17.5 Å². The van der Waals surface area contributed by atoms with Crippen LogP contribution in [0.25, 0.3) is 0 Å². The second-order valence-electron chi connectivity index (χ2n) is 5.49. The molecule has 1 heterocycles. The zero-order valence-electron chi connectivity index (χ0n) is 12.5. The molecule has 2 aromatic carbocycles. The van der Waals surface area contributed by atoms with Gasteiger partial charge in [-0.15, -0.1) is 0 Å². The first-order valence-corrected chi connectivity index (χ1v) is 7.74. The Balaban J connectivity index is 1.71. The highest BCUT2D eigenvalue weighted by atomic mass is 35.5. The molecular weight excluding hydrogens is 298 g/mol. The van der Waals surface area contributed by atoms with E-state index in [2.05, 4.69) is 12.1 Å². The summed E-state index contributed by atoms with van der Waals surface area (Å²) in [7, 11) is 1.66. The summed E-state index contributed by atoms with van der Waals surface area (Å²) < 4.78 is 5.18. The van der Waals surface area contributed by atoms with Crippen molar-refractivity contribution in [1.82, 2.24) is 4.90 Å². The van der Waals surface area contributed by atoms with Crippen molar-refractivity contribution in [2.75, 3.05) is 20.2 Å². The van der Waals surface area contributed by atoms with Gasteiger partial charge in [0.2, 0.25) is 0 Å². The molecule has 22 heavy (non-hydrogen) atoms. The second-order valence-corrected chi connectivity index (χ2v) is 5.90. The first-order valence-electron chi connectivity index (χ1n) is 7.37. The Morgan fingerprint density at radius 2 is 1.91 bits per heavy atom. The summed E-state index contributed by atoms with van der Waals surface area (Å²) in [5.41, 5.74) is 1.83. The number of likely N-dealkylation sites (tertiary alicyclic amines) is 1. The summed E-state index contributed by atoms with van der Waals surface area (Å²) in [4.78, 5) is 14.5.